The van der Waals surface area contributed by atoms with Crippen LogP contribution in [0.15, 0.2) is 83.8 Å². The highest BCUT2D eigenvalue weighted by molar-refractivity contribution is 7.22. The third-order valence-electron chi connectivity index (χ3n) is 8.53. The first kappa shape index (κ1) is 26.6. The Hall–Kier alpha value is -4.27. The molecule has 1 aliphatic rings. The lowest BCUT2D eigenvalue weighted by Crippen LogP contribution is -2.29. The third kappa shape index (κ3) is 4.70. The van der Waals surface area contributed by atoms with Gasteiger partial charge in [-0.3, -0.25) is 9.36 Å². The van der Waals surface area contributed by atoms with Crippen molar-refractivity contribution in [3.05, 3.63) is 118 Å². The van der Waals surface area contributed by atoms with E-state index in [1.807, 2.05) is 31.2 Å². The fourth-order valence-electron chi connectivity index (χ4n) is 6.17. The quantitative estimate of drug-likeness (QED) is 0.227. The predicted molar refractivity (Wildman–Crippen MR) is 167 cm³/mol. The van der Waals surface area contributed by atoms with Crippen LogP contribution < -0.4 is 5.56 Å². The second kappa shape index (κ2) is 10.5. The number of hydrogen-bond acceptors (Lipinski definition) is 5. The molecule has 0 amide bonds. The molecule has 1 saturated heterocycles. The number of hydrogen-bond donors (Lipinski definition) is 2. The van der Waals surface area contributed by atoms with Crippen LogP contribution in [0.4, 0.5) is 4.39 Å². The zero-order valence-electron chi connectivity index (χ0n) is 23.5. The molecule has 1 unspecified atom stereocenters. The molecule has 6 nitrogen and oxygen atoms in total. The van der Waals surface area contributed by atoms with Gasteiger partial charge in [0, 0.05) is 22.0 Å². The lowest BCUT2D eigenvalue weighted by atomic mass is 9.89. The standard InChI is InChI=1S/C34H31FN4O2S/c1-20-19-39(31(26-17-24(35)11-12-29(26)40)33-36-27-5-3-4-6-28(27)37-33)34(41)32-25(20)18-30(42-32)23-9-7-21(8-10-23)22-13-15-38(2)16-14-22/h3-12,17-19,22,31,40H,13-16H2,1-2H3,(H,36,37). The first-order chi connectivity index (χ1) is 20.4. The van der Waals surface area contributed by atoms with Gasteiger partial charge in [-0.15, -0.1) is 11.3 Å². The number of pyridine rings is 1. The number of aryl methyl sites for hydroxylation is 1. The fourth-order valence-corrected chi connectivity index (χ4v) is 7.34. The maximum Gasteiger partial charge on any atom is 0.269 e. The number of fused-ring (bicyclic) bond motifs is 2. The summed E-state index contributed by atoms with van der Waals surface area (Å²) < 4.78 is 16.7. The van der Waals surface area contributed by atoms with Gasteiger partial charge in [-0.05, 0) is 98.9 Å². The molecule has 0 spiro atoms. The molecular formula is C34H31FN4O2S. The summed E-state index contributed by atoms with van der Waals surface area (Å²) in [5, 5.41) is 11.7. The first-order valence-corrected chi connectivity index (χ1v) is 15.0. The van der Waals surface area contributed by atoms with Crippen molar-refractivity contribution in [1.82, 2.24) is 19.4 Å². The average Bonchev–Trinajstić information content (AvgIpc) is 3.64. The van der Waals surface area contributed by atoms with Crippen molar-refractivity contribution in [2.24, 2.45) is 0 Å². The number of phenolic OH excluding ortho intramolecular Hbond substituents is 1. The number of likely N-dealkylation sites (tertiary alicyclic amines) is 1. The second-order valence-electron chi connectivity index (χ2n) is 11.3. The molecular weight excluding hydrogens is 547 g/mol. The number of H-pyrrole nitrogens is 1. The number of aromatic amines is 1. The monoisotopic (exact) mass is 578 g/mol. The molecule has 1 fully saturated rings. The highest BCUT2D eigenvalue weighted by atomic mass is 32.1. The predicted octanol–water partition coefficient (Wildman–Crippen LogP) is 7.21. The smallest absolute Gasteiger partial charge is 0.269 e. The van der Waals surface area contributed by atoms with Crippen LogP contribution in [0, 0.1) is 12.7 Å². The summed E-state index contributed by atoms with van der Waals surface area (Å²) in [6.07, 6.45) is 4.13. The van der Waals surface area contributed by atoms with Crippen LogP contribution in [0.25, 0.3) is 31.6 Å². The van der Waals surface area contributed by atoms with E-state index in [1.165, 1.54) is 47.9 Å². The van der Waals surface area contributed by atoms with Crippen LogP contribution in [0.5, 0.6) is 5.75 Å². The molecule has 0 aliphatic carbocycles. The van der Waals surface area contributed by atoms with Crippen molar-refractivity contribution in [2.75, 3.05) is 20.1 Å². The van der Waals surface area contributed by atoms with Gasteiger partial charge in [0.1, 0.15) is 28.1 Å². The number of halogens is 1. The van der Waals surface area contributed by atoms with Gasteiger partial charge in [0.2, 0.25) is 0 Å². The number of thiophene rings is 1. The van der Waals surface area contributed by atoms with E-state index in [0.717, 1.165) is 45.5 Å². The molecule has 6 aromatic rings. The highest BCUT2D eigenvalue weighted by Gasteiger charge is 2.27. The molecule has 212 valence electrons. The summed E-state index contributed by atoms with van der Waals surface area (Å²) >= 11 is 1.46. The van der Waals surface area contributed by atoms with Gasteiger partial charge in [-0.2, -0.15) is 0 Å². The van der Waals surface area contributed by atoms with Crippen molar-refractivity contribution in [3.63, 3.8) is 0 Å². The number of benzene rings is 3. The minimum atomic E-state index is -0.858. The second-order valence-corrected chi connectivity index (χ2v) is 12.4. The average molecular weight is 579 g/mol. The van der Waals surface area contributed by atoms with Crippen molar-refractivity contribution in [2.45, 2.75) is 31.7 Å². The van der Waals surface area contributed by atoms with E-state index in [2.05, 4.69) is 47.3 Å². The van der Waals surface area contributed by atoms with E-state index in [4.69, 9.17) is 4.98 Å². The van der Waals surface area contributed by atoms with E-state index in [-0.39, 0.29) is 16.9 Å². The van der Waals surface area contributed by atoms with Crippen LogP contribution in [-0.2, 0) is 0 Å². The van der Waals surface area contributed by atoms with Crippen molar-refractivity contribution < 1.29 is 9.50 Å². The molecule has 8 heteroatoms. The van der Waals surface area contributed by atoms with Crippen LogP contribution in [-0.4, -0.2) is 44.7 Å². The largest absolute Gasteiger partial charge is 0.508 e. The van der Waals surface area contributed by atoms with E-state index < -0.39 is 11.9 Å². The fraction of sp³-hybridized carbons (Fsp3) is 0.235. The van der Waals surface area contributed by atoms with Gasteiger partial charge in [-0.1, -0.05) is 36.4 Å². The van der Waals surface area contributed by atoms with Crippen molar-refractivity contribution in [3.8, 4) is 16.2 Å². The Morgan fingerprint density at radius 1 is 1.05 bits per heavy atom. The van der Waals surface area contributed by atoms with Gasteiger partial charge in [-0.25, -0.2) is 9.37 Å². The molecule has 0 saturated carbocycles. The van der Waals surface area contributed by atoms with Gasteiger partial charge in [0.15, 0.2) is 0 Å². The Morgan fingerprint density at radius 2 is 1.81 bits per heavy atom. The van der Waals surface area contributed by atoms with E-state index in [0.29, 0.717) is 16.4 Å². The van der Waals surface area contributed by atoms with Crippen LogP contribution >= 0.6 is 11.3 Å². The number of nitrogens with zero attached hydrogens (tertiary/aromatic N) is 3. The van der Waals surface area contributed by atoms with Crippen LogP contribution in [0.1, 0.15) is 47.3 Å². The summed E-state index contributed by atoms with van der Waals surface area (Å²) in [4.78, 5) is 25.6. The minimum absolute atomic E-state index is 0.108. The van der Waals surface area contributed by atoms with Gasteiger partial charge in [0.05, 0.1) is 11.0 Å². The molecule has 7 rings (SSSR count). The normalized spacial score (nSPS) is 15.5. The number of piperidine rings is 1. The zero-order chi connectivity index (χ0) is 29.0. The summed E-state index contributed by atoms with van der Waals surface area (Å²) in [5.74, 6) is 0.417. The highest BCUT2D eigenvalue weighted by Crippen LogP contribution is 2.37. The van der Waals surface area contributed by atoms with Gasteiger partial charge >= 0.3 is 0 Å². The summed E-state index contributed by atoms with van der Waals surface area (Å²) in [6.45, 7) is 4.21. The molecule has 3 aromatic heterocycles. The topological polar surface area (TPSA) is 74.1 Å². The number of rotatable bonds is 5. The Balaban J connectivity index is 1.33. The summed E-state index contributed by atoms with van der Waals surface area (Å²) in [6, 6.07) is 21.3. The molecule has 1 aliphatic heterocycles. The van der Waals surface area contributed by atoms with Crippen molar-refractivity contribution in [1.29, 1.82) is 0 Å². The maximum absolute atomic E-state index is 14.5. The van der Waals surface area contributed by atoms with E-state index in [9.17, 15) is 14.3 Å². The first-order valence-electron chi connectivity index (χ1n) is 14.2. The Kier molecular flexibility index (Phi) is 6.67. The van der Waals surface area contributed by atoms with Crippen LogP contribution in [0.2, 0.25) is 0 Å². The molecule has 4 heterocycles. The SMILES string of the molecule is Cc1cn(C(c2nc3ccccc3[nH]2)c2cc(F)ccc2O)c(=O)c2sc(-c3ccc(C4CCN(C)CC4)cc3)cc12. The number of aromatic hydroxyl groups is 1. The van der Waals surface area contributed by atoms with Crippen molar-refractivity contribution >= 4 is 32.5 Å². The Labute approximate surface area is 246 Å². The van der Waals surface area contributed by atoms with Gasteiger partial charge in [0.25, 0.3) is 5.56 Å². The Morgan fingerprint density at radius 3 is 2.57 bits per heavy atom. The molecule has 3 aromatic carbocycles. The summed E-state index contributed by atoms with van der Waals surface area (Å²) in [7, 11) is 2.18. The number of aromatic nitrogens is 3. The molecule has 2 N–H and O–H groups in total. The number of imidazole rings is 1. The molecule has 0 radical (unpaired) electrons. The van der Waals surface area contributed by atoms with Gasteiger partial charge < -0.3 is 15.0 Å². The number of para-hydroxylation sites is 2. The Bertz CT molecular complexity index is 1950. The zero-order valence-corrected chi connectivity index (χ0v) is 24.3. The van der Waals surface area contributed by atoms with E-state index in [1.54, 1.807) is 10.8 Å². The number of nitrogens with one attached hydrogen (secondary N) is 1. The lowest BCUT2D eigenvalue weighted by Gasteiger charge is -2.29. The minimum Gasteiger partial charge on any atom is -0.508 e. The number of phenols is 1. The maximum atomic E-state index is 14.5. The third-order valence-corrected chi connectivity index (χ3v) is 9.70. The summed E-state index contributed by atoms with van der Waals surface area (Å²) in [5.41, 5.74) is 4.92. The molecule has 0 bridgehead atoms. The van der Waals surface area contributed by atoms with Crippen LogP contribution in [0.3, 0.4) is 0 Å². The van der Waals surface area contributed by atoms with E-state index >= 15 is 0 Å². The molecule has 1 atom stereocenters. The molecule has 42 heavy (non-hydrogen) atoms. The lowest BCUT2D eigenvalue weighted by molar-refractivity contribution is 0.255.